The van der Waals surface area contributed by atoms with Crippen molar-refractivity contribution in [2.45, 2.75) is 13.8 Å². The van der Waals surface area contributed by atoms with Crippen LogP contribution in [0.25, 0.3) is 11.1 Å². The zero-order valence-corrected chi connectivity index (χ0v) is 12.4. The molecule has 0 aliphatic heterocycles. The molecule has 0 nitrogen and oxygen atoms in total. The SMILES string of the molecule is C[c-]1cccc1.Cc1ccc(-[c-]2cccc2)cc1.[Fe+2]. The summed E-state index contributed by atoms with van der Waals surface area (Å²) in [6.07, 6.45) is 0. The molecule has 0 amide bonds. The van der Waals surface area contributed by atoms with E-state index in [0.29, 0.717) is 0 Å². The maximum absolute atomic E-state index is 2.16. The van der Waals surface area contributed by atoms with Crippen LogP contribution in [-0.2, 0) is 17.1 Å². The first-order valence-corrected chi connectivity index (χ1v) is 6.23. The van der Waals surface area contributed by atoms with Crippen molar-refractivity contribution in [2.75, 3.05) is 0 Å². The summed E-state index contributed by atoms with van der Waals surface area (Å²) < 4.78 is 0. The number of hydrogen-bond donors (Lipinski definition) is 0. The van der Waals surface area contributed by atoms with Crippen LogP contribution in [0.1, 0.15) is 11.1 Å². The summed E-state index contributed by atoms with van der Waals surface area (Å²) in [5.74, 6) is 0. The number of aryl methyl sites for hydroxylation is 2. The largest absolute Gasteiger partial charge is 2.00 e. The third-order valence-corrected chi connectivity index (χ3v) is 2.88. The van der Waals surface area contributed by atoms with Gasteiger partial charge in [-0.3, -0.25) is 0 Å². The number of rotatable bonds is 1. The third kappa shape index (κ3) is 4.90. The minimum Gasteiger partial charge on any atom is -0.213 e. The molecule has 98 valence electrons. The minimum atomic E-state index is 0. The van der Waals surface area contributed by atoms with Crippen LogP contribution in [0.3, 0.4) is 0 Å². The number of hydrogen-bond acceptors (Lipinski definition) is 0. The molecule has 3 aromatic carbocycles. The van der Waals surface area contributed by atoms with Crippen LogP contribution in [-0.4, -0.2) is 0 Å². The molecule has 0 aliphatic carbocycles. The molecule has 0 saturated carbocycles. The van der Waals surface area contributed by atoms with Gasteiger partial charge >= 0.3 is 17.1 Å². The Bertz CT molecular complexity index is 542. The molecule has 0 aliphatic rings. The fourth-order valence-corrected chi connectivity index (χ4v) is 1.78. The van der Waals surface area contributed by atoms with E-state index in [1.807, 2.05) is 12.1 Å². The molecule has 3 rings (SSSR count). The van der Waals surface area contributed by atoms with Crippen LogP contribution in [0.2, 0.25) is 0 Å². The average Bonchev–Trinajstić information content (AvgIpc) is 3.03. The Morgan fingerprint density at radius 2 is 1.21 bits per heavy atom. The predicted octanol–water partition coefficient (Wildman–Crippen LogP) is 5.09. The van der Waals surface area contributed by atoms with Crippen LogP contribution in [0, 0.1) is 13.8 Å². The van der Waals surface area contributed by atoms with Crippen LogP contribution < -0.4 is 0 Å². The second-order valence-corrected chi connectivity index (χ2v) is 4.50. The minimum absolute atomic E-state index is 0. The molecule has 0 unspecified atom stereocenters. The molecule has 19 heavy (non-hydrogen) atoms. The summed E-state index contributed by atoms with van der Waals surface area (Å²) in [6, 6.07) is 25.2. The van der Waals surface area contributed by atoms with Crippen molar-refractivity contribution in [1.82, 2.24) is 0 Å². The van der Waals surface area contributed by atoms with Crippen molar-refractivity contribution in [1.29, 1.82) is 0 Å². The summed E-state index contributed by atoms with van der Waals surface area (Å²) >= 11 is 0. The van der Waals surface area contributed by atoms with Gasteiger partial charge in [0.25, 0.3) is 0 Å². The number of benzene rings is 1. The Hall–Kier alpha value is -1.56. The van der Waals surface area contributed by atoms with Crippen molar-refractivity contribution >= 4 is 0 Å². The van der Waals surface area contributed by atoms with Gasteiger partial charge < -0.3 is 0 Å². The van der Waals surface area contributed by atoms with Crippen molar-refractivity contribution < 1.29 is 17.1 Å². The Labute approximate surface area is 126 Å². The zero-order valence-electron chi connectivity index (χ0n) is 11.3. The summed E-state index contributed by atoms with van der Waals surface area (Å²) in [5.41, 5.74) is 5.25. The molecule has 0 bridgehead atoms. The molecule has 1 heteroatoms. The second kappa shape index (κ2) is 7.78. The van der Waals surface area contributed by atoms with Gasteiger partial charge in [0, 0.05) is 0 Å². The van der Waals surface area contributed by atoms with E-state index < -0.39 is 0 Å². The monoisotopic (exact) mass is 290 g/mol. The van der Waals surface area contributed by atoms with Gasteiger partial charge in [-0.1, -0.05) is 30.2 Å². The van der Waals surface area contributed by atoms with Crippen molar-refractivity contribution in [3.63, 3.8) is 0 Å². The van der Waals surface area contributed by atoms with Gasteiger partial charge in [-0.25, -0.2) is 12.1 Å². The van der Waals surface area contributed by atoms with Gasteiger partial charge in [-0.05, 0) is 6.92 Å². The van der Waals surface area contributed by atoms with Gasteiger partial charge in [0.1, 0.15) is 0 Å². The summed E-state index contributed by atoms with van der Waals surface area (Å²) in [4.78, 5) is 0. The van der Waals surface area contributed by atoms with Crippen LogP contribution >= 0.6 is 0 Å². The summed E-state index contributed by atoms with van der Waals surface area (Å²) in [6.45, 7) is 4.19. The fraction of sp³-hybridized carbons (Fsp3) is 0.111. The van der Waals surface area contributed by atoms with Crippen molar-refractivity contribution in [3.05, 3.63) is 83.9 Å². The molecular weight excluding hydrogens is 272 g/mol. The van der Waals surface area contributed by atoms with E-state index in [9.17, 15) is 0 Å². The topological polar surface area (TPSA) is 0 Å². The molecule has 0 atom stereocenters. The Kier molecular flexibility index (Phi) is 6.35. The van der Waals surface area contributed by atoms with Crippen molar-refractivity contribution in [2.24, 2.45) is 0 Å². The first-order valence-electron chi connectivity index (χ1n) is 6.23. The predicted molar refractivity (Wildman–Crippen MR) is 79.0 cm³/mol. The van der Waals surface area contributed by atoms with Crippen LogP contribution in [0.5, 0.6) is 0 Å². The standard InChI is InChI=1S/C12H11.C6H7.Fe/c1-10-6-8-12(9-7-10)11-4-2-3-5-11;1-6-4-2-3-5-6;/h2-9H,1H3;2-5H,1H3;/q2*-1;+2. The molecule has 0 spiro atoms. The maximum atomic E-state index is 2.16. The smallest absolute Gasteiger partial charge is 0.213 e. The summed E-state index contributed by atoms with van der Waals surface area (Å²) in [7, 11) is 0. The van der Waals surface area contributed by atoms with Gasteiger partial charge in [0.15, 0.2) is 0 Å². The Morgan fingerprint density at radius 3 is 1.63 bits per heavy atom. The molecule has 0 heterocycles. The van der Waals surface area contributed by atoms with Gasteiger partial charge in [-0.2, -0.15) is 29.8 Å². The van der Waals surface area contributed by atoms with E-state index in [1.54, 1.807) is 0 Å². The molecule has 0 aromatic heterocycles. The van der Waals surface area contributed by atoms with E-state index in [4.69, 9.17) is 0 Å². The molecular formula is C18H18Fe. The Morgan fingerprint density at radius 1 is 0.737 bits per heavy atom. The first kappa shape index (κ1) is 15.5. The van der Waals surface area contributed by atoms with E-state index in [0.717, 1.165) is 0 Å². The average molecular weight is 290 g/mol. The van der Waals surface area contributed by atoms with Crippen molar-refractivity contribution in [3.8, 4) is 11.1 Å². The molecule has 0 fully saturated rings. The molecule has 0 radical (unpaired) electrons. The molecule has 0 N–H and O–H groups in total. The van der Waals surface area contributed by atoms with E-state index in [-0.39, 0.29) is 17.1 Å². The summed E-state index contributed by atoms with van der Waals surface area (Å²) in [5, 5.41) is 0. The van der Waals surface area contributed by atoms with Crippen LogP contribution in [0.15, 0.2) is 72.8 Å². The molecule has 3 aromatic rings. The van der Waals surface area contributed by atoms with Gasteiger partial charge in [-0.15, -0.1) is 29.8 Å². The fourth-order valence-electron chi connectivity index (χ4n) is 1.78. The maximum Gasteiger partial charge on any atom is 2.00 e. The van der Waals surface area contributed by atoms with Crippen LogP contribution in [0.4, 0.5) is 0 Å². The third-order valence-electron chi connectivity index (χ3n) is 2.88. The van der Waals surface area contributed by atoms with Gasteiger partial charge in [0.2, 0.25) is 0 Å². The zero-order chi connectivity index (χ0) is 12.8. The Balaban J connectivity index is 0.000000220. The first-order chi connectivity index (χ1) is 8.75. The molecule has 0 saturated heterocycles. The second-order valence-electron chi connectivity index (χ2n) is 4.50. The normalized spacial score (nSPS) is 9.16. The van der Waals surface area contributed by atoms with E-state index in [1.165, 1.54) is 22.3 Å². The van der Waals surface area contributed by atoms with Gasteiger partial charge in [0.05, 0.1) is 0 Å². The van der Waals surface area contributed by atoms with E-state index in [2.05, 4.69) is 74.5 Å². The van der Waals surface area contributed by atoms with E-state index >= 15 is 0 Å². The quantitative estimate of drug-likeness (QED) is 0.432.